The van der Waals surface area contributed by atoms with Crippen LogP contribution in [-0.4, -0.2) is 22.9 Å². The lowest BCUT2D eigenvalue weighted by molar-refractivity contribution is 0.0222. The van der Waals surface area contributed by atoms with Crippen LogP contribution in [0.3, 0.4) is 0 Å². The summed E-state index contributed by atoms with van der Waals surface area (Å²) in [7, 11) is 0. The van der Waals surface area contributed by atoms with Gasteiger partial charge in [-0.3, -0.25) is 0 Å². The molecule has 1 aromatic carbocycles. The van der Waals surface area contributed by atoms with Crippen LogP contribution in [0.5, 0.6) is 0 Å². The lowest BCUT2D eigenvalue weighted by Gasteiger charge is -2.16. The van der Waals surface area contributed by atoms with Gasteiger partial charge in [-0.05, 0) is 17.7 Å². The molecule has 0 aliphatic heterocycles. The van der Waals surface area contributed by atoms with Crippen LogP contribution in [0.1, 0.15) is 17.2 Å². The van der Waals surface area contributed by atoms with Gasteiger partial charge in [0.15, 0.2) is 0 Å². The minimum atomic E-state index is -1.51. The number of nitriles is 1. The molecule has 0 aliphatic carbocycles. The summed E-state index contributed by atoms with van der Waals surface area (Å²) in [5, 5.41) is 30.6. The van der Waals surface area contributed by atoms with Crippen LogP contribution in [0, 0.1) is 17.1 Å². The third kappa shape index (κ3) is 3.16. The van der Waals surface area contributed by atoms with Crippen LogP contribution in [-0.2, 0) is 0 Å². The van der Waals surface area contributed by atoms with Gasteiger partial charge in [-0.25, -0.2) is 4.39 Å². The molecule has 0 bridgehead atoms. The molecule has 6 nitrogen and oxygen atoms in total. The highest BCUT2D eigenvalue weighted by Gasteiger charge is 2.21. The summed E-state index contributed by atoms with van der Waals surface area (Å²) in [5.41, 5.74) is 8.01. The van der Waals surface area contributed by atoms with Gasteiger partial charge in [0.1, 0.15) is 11.9 Å². The SMILES string of the molecule is N#Cc1ccc(C(O)C(O)CN=[N+]=[N-])c(F)c1. The first-order valence-electron chi connectivity index (χ1n) is 4.66. The van der Waals surface area contributed by atoms with Crippen molar-refractivity contribution in [2.45, 2.75) is 12.2 Å². The minimum Gasteiger partial charge on any atom is -0.390 e. The van der Waals surface area contributed by atoms with E-state index in [1.807, 2.05) is 0 Å². The van der Waals surface area contributed by atoms with E-state index in [1.165, 1.54) is 12.1 Å². The maximum atomic E-state index is 13.4. The number of aliphatic hydroxyl groups is 2. The molecule has 2 unspecified atom stereocenters. The van der Waals surface area contributed by atoms with E-state index in [4.69, 9.17) is 10.8 Å². The van der Waals surface area contributed by atoms with Crippen LogP contribution in [0.15, 0.2) is 23.3 Å². The summed E-state index contributed by atoms with van der Waals surface area (Å²) in [6.07, 6.45) is -2.90. The molecule has 0 radical (unpaired) electrons. The normalized spacial score (nSPS) is 13.3. The molecule has 1 rings (SSSR count). The first kappa shape index (κ1) is 12.9. The molecule has 2 N–H and O–H groups in total. The average molecular weight is 236 g/mol. The molecule has 2 atom stereocenters. The third-order valence-electron chi connectivity index (χ3n) is 2.14. The number of halogens is 1. The van der Waals surface area contributed by atoms with Crippen LogP contribution < -0.4 is 0 Å². The maximum absolute atomic E-state index is 13.4. The van der Waals surface area contributed by atoms with E-state index in [2.05, 4.69) is 10.0 Å². The van der Waals surface area contributed by atoms with E-state index in [9.17, 15) is 14.6 Å². The van der Waals surface area contributed by atoms with E-state index < -0.39 is 18.0 Å². The Morgan fingerprint density at radius 1 is 1.53 bits per heavy atom. The van der Waals surface area contributed by atoms with Crippen molar-refractivity contribution >= 4 is 0 Å². The van der Waals surface area contributed by atoms with E-state index in [1.54, 1.807) is 6.07 Å². The largest absolute Gasteiger partial charge is 0.390 e. The van der Waals surface area contributed by atoms with E-state index in [0.717, 1.165) is 6.07 Å². The van der Waals surface area contributed by atoms with Gasteiger partial charge in [0.2, 0.25) is 0 Å². The minimum absolute atomic E-state index is 0.114. The van der Waals surface area contributed by atoms with Gasteiger partial charge in [0, 0.05) is 10.5 Å². The Bertz CT molecular complexity index is 494. The van der Waals surface area contributed by atoms with Crippen LogP contribution >= 0.6 is 0 Å². The summed E-state index contributed by atoms with van der Waals surface area (Å²) < 4.78 is 13.4. The molecule has 0 aromatic heterocycles. The first-order chi connectivity index (χ1) is 8.10. The Balaban J connectivity index is 2.92. The summed E-state index contributed by atoms with van der Waals surface area (Å²) in [6, 6.07) is 5.23. The number of hydrogen-bond acceptors (Lipinski definition) is 4. The summed E-state index contributed by atoms with van der Waals surface area (Å²) in [6.45, 7) is -0.364. The lowest BCUT2D eigenvalue weighted by atomic mass is 10.0. The summed E-state index contributed by atoms with van der Waals surface area (Å²) in [4.78, 5) is 2.42. The Labute approximate surface area is 96.2 Å². The predicted molar refractivity (Wildman–Crippen MR) is 56.1 cm³/mol. The molecular weight excluding hydrogens is 227 g/mol. The Hall–Kier alpha value is -2.13. The molecule has 0 aliphatic rings. The van der Waals surface area contributed by atoms with Gasteiger partial charge in [-0.2, -0.15) is 5.26 Å². The van der Waals surface area contributed by atoms with E-state index in [0.29, 0.717) is 0 Å². The summed E-state index contributed by atoms with van der Waals surface area (Å²) >= 11 is 0. The number of aliphatic hydroxyl groups excluding tert-OH is 2. The molecule has 1 aromatic rings. The molecule has 7 heteroatoms. The molecule has 0 saturated heterocycles. The molecule has 0 fully saturated rings. The fourth-order valence-corrected chi connectivity index (χ4v) is 1.26. The molecule has 0 amide bonds. The fourth-order valence-electron chi connectivity index (χ4n) is 1.26. The highest BCUT2D eigenvalue weighted by Crippen LogP contribution is 2.21. The number of benzene rings is 1. The summed E-state index contributed by atoms with van der Waals surface area (Å²) in [5.74, 6) is -0.795. The van der Waals surface area contributed by atoms with Crippen molar-refractivity contribution in [3.63, 3.8) is 0 Å². The topological polar surface area (TPSA) is 113 Å². The Kier molecular flexibility index (Phi) is 4.43. The predicted octanol–water partition coefficient (Wildman–Crippen LogP) is 1.40. The zero-order chi connectivity index (χ0) is 12.8. The van der Waals surface area contributed by atoms with Gasteiger partial charge in [-0.15, -0.1) is 0 Å². The highest BCUT2D eigenvalue weighted by atomic mass is 19.1. The van der Waals surface area contributed by atoms with Crippen LogP contribution in [0.2, 0.25) is 0 Å². The fraction of sp³-hybridized carbons (Fsp3) is 0.300. The van der Waals surface area contributed by atoms with Crippen molar-refractivity contribution in [2.75, 3.05) is 6.54 Å². The van der Waals surface area contributed by atoms with Gasteiger partial charge >= 0.3 is 0 Å². The second-order valence-corrected chi connectivity index (χ2v) is 3.27. The Morgan fingerprint density at radius 2 is 2.24 bits per heavy atom. The number of rotatable bonds is 4. The zero-order valence-electron chi connectivity index (χ0n) is 8.66. The van der Waals surface area contributed by atoms with Crippen LogP contribution in [0.4, 0.5) is 4.39 Å². The van der Waals surface area contributed by atoms with Crippen LogP contribution in [0.25, 0.3) is 10.4 Å². The zero-order valence-corrected chi connectivity index (χ0v) is 8.66. The molecule has 88 valence electrons. The molecule has 0 saturated carbocycles. The van der Waals surface area contributed by atoms with E-state index >= 15 is 0 Å². The highest BCUT2D eigenvalue weighted by molar-refractivity contribution is 5.34. The number of hydrogen-bond donors (Lipinski definition) is 2. The van der Waals surface area contributed by atoms with Gasteiger partial charge in [-0.1, -0.05) is 11.2 Å². The smallest absolute Gasteiger partial charge is 0.130 e. The standard InChI is InChI=1S/C10H9FN4O2/c11-8-3-6(4-12)1-2-7(8)10(17)9(16)5-14-15-13/h1-3,9-10,16-17H,5H2. The number of nitrogens with zero attached hydrogens (tertiary/aromatic N) is 4. The average Bonchev–Trinajstić information content (AvgIpc) is 2.34. The van der Waals surface area contributed by atoms with Crippen molar-refractivity contribution in [1.82, 2.24) is 0 Å². The van der Waals surface area contributed by atoms with Gasteiger partial charge < -0.3 is 10.2 Å². The second kappa shape index (κ2) is 5.82. The number of azide groups is 1. The quantitative estimate of drug-likeness (QED) is 0.467. The van der Waals surface area contributed by atoms with Gasteiger partial charge in [0.25, 0.3) is 0 Å². The molecule has 17 heavy (non-hydrogen) atoms. The van der Waals surface area contributed by atoms with Crippen molar-refractivity contribution in [3.05, 3.63) is 45.6 Å². The van der Waals surface area contributed by atoms with Crippen molar-refractivity contribution in [3.8, 4) is 6.07 Å². The van der Waals surface area contributed by atoms with Crippen molar-refractivity contribution in [2.24, 2.45) is 5.11 Å². The molecular formula is C10H9FN4O2. The monoisotopic (exact) mass is 236 g/mol. The third-order valence-corrected chi connectivity index (χ3v) is 2.14. The second-order valence-electron chi connectivity index (χ2n) is 3.27. The lowest BCUT2D eigenvalue weighted by Crippen LogP contribution is -2.22. The van der Waals surface area contributed by atoms with Gasteiger partial charge in [0.05, 0.1) is 24.3 Å². The maximum Gasteiger partial charge on any atom is 0.130 e. The van der Waals surface area contributed by atoms with E-state index in [-0.39, 0.29) is 17.7 Å². The molecule has 0 spiro atoms. The Morgan fingerprint density at radius 3 is 2.76 bits per heavy atom. The van der Waals surface area contributed by atoms with Crippen molar-refractivity contribution in [1.29, 1.82) is 5.26 Å². The first-order valence-corrected chi connectivity index (χ1v) is 4.66. The molecule has 0 heterocycles. The van der Waals surface area contributed by atoms with Crippen molar-refractivity contribution < 1.29 is 14.6 Å².